The molecule has 0 saturated heterocycles. The summed E-state index contributed by atoms with van der Waals surface area (Å²) in [4.78, 5) is 12.0. The van der Waals surface area contributed by atoms with Crippen LogP contribution in [0.3, 0.4) is 0 Å². The Balaban J connectivity index is 2.12. The van der Waals surface area contributed by atoms with Crippen LogP contribution in [0.2, 0.25) is 0 Å². The molecule has 0 atom stereocenters. The smallest absolute Gasteiger partial charge is 0.415 e. The van der Waals surface area contributed by atoms with Crippen LogP contribution < -0.4 is 10.9 Å². The van der Waals surface area contributed by atoms with Gasteiger partial charge in [-0.05, 0) is 36.4 Å². The number of primary sulfonamides is 1. The maximum atomic E-state index is 12.0. The molecule has 0 spiro atoms. The van der Waals surface area contributed by atoms with Crippen LogP contribution in [-0.2, 0) is 10.0 Å². The molecule has 8 heteroatoms. The van der Waals surface area contributed by atoms with Gasteiger partial charge in [0.1, 0.15) is 6.26 Å². The Labute approximate surface area is 140 Å². The van der Waals surface area contributed by atoms with E-state index < -0.39 is 15.8 Å². The third-order valence-electron chi connectivity index (χ3n) is 3.26. The zero-order valence-electron chi connectivity index (χ0n) is 11.6. The minimum absolute atomic E-state index is 0.00211. The van der Waals surface area contributed by atoms with Crippen molar-refractivity contribution < 1.29 is 12.8 Å². The summed E-state index contributed by atoms with van der Waals surface area (Å²) in [5.41, 5.74) is 1.78. The van der Waals surface area contributed by atoms with Crippen molar-refractivity contribution in [3.63, 3.8) is 0 Å². The van der Waals surface area contributed by atoms with Gasteiger partial charge in [-0.15, -0.1) is 0 Å². The largest absolute Gasteiger partial charge is 0.424 e. The van der Waals surface area contributed by atoms with E-state index in [1.54, 1.807) is 24.3 Å². The van der Waals surface area contributed by atoms with Gasteiger partial charge in [0, 0.05) is 10.0 Å². The average Bonchev–Trinajstić information content (AvgIpc) is 2.89. The molecule has 23 heavy (non-hydrogen) atoms. The molecule has 0 aliphatic carbocycles. The number of sulfonamides is 1. The zero-order chi connectivity index (χ0) is 16.6. The highest BCUT2D eigenvalue weighted by Crippen LogP contribution is 2.24. The lowest BCUT2D eigenvalue weighted by Gasteiger charge is -2.07. The van der Waals surface area contributed by atoms with E-state index in [1.165, 1.54) is 23.0 Å². The van der Waals surface area contributed by atoms with Crippen LogP contribution in [-0.4, -0.2) is 13.0 Å². The zero-order valence-corrected chi connectivity index (χ0v) is 14.0. The van der Waals surface area contributed by atoms with Gasteiger partial charge in [0.25, 0.3) is 0 Å². The summed E-state index contributed by atoms with van der Waals surface area (Å²) in [5, 5.41) is 5.08. The molecule has 0 amide bonds. The molecule has 0 fully saturated rings. The molecule has 2 aromatic carbocycles. The normalized spacial score (nSPS) is 11.6. The fourth-order valence-corrected chi connectivity index (χ4v) is 2.94. The molecule has 3 rings (SSSR count). The summed E-state index contributed by atoms with van der Waals surface area (Å²) in [7, 11) is -3.76. The van der Waals surface area contributed by atoms with E-state index in [0.717, 1.165) is 4.47 Å². The second-order valence-electron chi connectivity index (χ2n) is 4.77. The van der Waals surface area contributed by atoms with Crippen LogP contribution in [0.4, 0.5) is 0 Å². The fourth-order valence-electron chi connectivity index (χ4n) is 2.16. The Hall–Kier alpha value is -2.16. The van der Waals surface area contributed by atoms with Gasteiger partial charge in [0.2, 0.25) is 10.0 Å². The van der Waals surface area contributed by atoms with E-state index in [-0.39, 0.29) is 4.90 Å². The van der Waals surface area contributed by atoms with Gasteiger partial charge in [-0.3, -0.25) is 0 Å². The summed E-state index contributed by atoms with van der Waals surface area (Å²) < 4.78 is 29.9. The van der Waals surface area contributed by atoms with Gasteiger partial charge >= 0.3 is 5.76 Å². The van der Waals surface area contributed by atoms with Gasteiger partial charge in [-0.1, -0.05) is 28.1 Å². The monoisotopic (exact) mass is 394 g/mol. The second-order valence-corrected chi connectivity index (χ2v) is 7.25. The lowest BCUT2D eigenvalue weighted by molar-refractivity contribution is 0.504. The third-order valence-corrected chi connectivity index (χ3v) is 4.72. The Kier molecular flexibility index (Phi) is 3.97. The Bertz CT molecular complexity index is 1000. The van der Waals surface area contributed by atoms with Gasteiger partial charge < -0.3 is 4.42 Å². The molecule has 0 unspecified atom stereocenters. The molecule has 0 radical (unpaired) electrons. The van der Waals surface area contributed by atoms with E-state index in [4.69, 9.17) is 9.56 Å². The van der Waals surface area contributed by atoms with Crippen molar-refractivity contribution in [2.24, 2.45) is 5.14 Å². The number of halogens is 1. The molecule has 0 bridgehead atoms. The first-order valence-corrected chi connectivity index (χ1v) is 8.80. The first kappa shape index (κ1) is 15.7. The minimum Gasteiger partial charge on any atom is -0.415 e. The number of aromatic nitrogens is 1. The second kappa shape index (κ2) is 5.80. The van der Waals surface area contributed by atoms with Crippen LogP contribution in [0.25, 0.3) is 16.9 Å². The molecule has 0 saturated carbocycles. The average molecular weight is 395 g/mol. The van der Waals surface area contributed by atoms with E-state index >= 15 is 0 Å². The predicted octanol–water partition coefficient (Wildman–Crippen LogP) is 2.51. The van der Waals surface area contributed by atoms with Gasteiger partial charge in [-0.2, -0.15) is 0 Å². The number of hydrogen-bond donors (Lipinski definition) is 1. The molecule has 0 aliphatic rings. The SMILES string of the molecule is NS(=O)(=O)c1ccc(-c2coc(=O)n2-c2ccc(Br)cc2)cc1. The maximum Gasteiger partial charge on any atom is 0.424 e. The van der Waals surface area contributed by atoms with Crippen molar-refractivity contribution in [3.8, 4) is 16.9 Å². The van der Waals surface area contributed by atoms with Crippen molar-refractivity contribution in [1.82, 2.24) is 4.57 Å². The van der Waals surface area contributed by atoms with Crippen molar-refractivity contribution >= 4 is 26.0 Å². The van der Waals surface area contributed by atoms with Gasteiger partial charge in [0.15, 0.2) is 0 Å². The van der Waals surface area contributed by atoms with Crippen LogP contribution in [0.5, 0.6) is 0 Å². The number of benzene rings is 2. The summed E-state index contributed by atoms with van der Waals surface area (Å²) in [6.07, 6.45) is 1.33. The highest BCUT2D eigenvalue weighted by Gasteiger charge is 2.14. The minimum atomic E-state index is -3.76. The summed E-state index contributed by atoms with van der Waals surface area (Å²) in [6, 6.07) is 13.1. The molecular weight excluding hydrogens is 384 g/mol. The summed E-state index contributed by atoms with van der Waals surface area (Å²) >= 11 is 3.34. The van der Waals surface area contributed by atoms with Crippen LogP contribution in [0.1, 0.15) is 0 Å². The number of nitrogens with two attached hydrogens (primary N) is 1. The standard InChI is InChI=1S/C15H11BrN2O4S/c16-11-3-5-12(6-4-11)18-14(9-22-15(18)19)10-1-7-13(8-2-10)23(17,20)21/h1-9H,(H2,17,20,21). The molecule has 3 aromatic rings. The van der Waals surface area contributed by atoms with E-state index in [1.807, 2.05) is 12.1 Å². The van der Waals surface area contributed by atoms with Crippen molar-refractivity contribution in [2.45, 2.75) is 4.90 Å². The topological polar surface area (TPSA) is 95.3 Å². The fraction of sp³-hybridized carbons (Fsp3) is 0. The quantitative estimate of drug-likeness (QED) is 0.737. The highest BCUT2D eigenvalue weighted by molar-refractivity contribution is 9.10. The Morgan fingerprint density at radius 2 is 1.61 bits per heavy atom. The lowest BCUT2D eigenvalue weighted by Crippen LogP contribution is -2.13. The summed E-state index contributed by atoms with van der Waals surface area (Å²) in [6.45, 7) is 0. The molecule has 118 valence electrons. The molecule has 2 N–H and O–H groups in total. The first-order chi connectivity index (χ1) is 10.9. The van der Waals surface area contributed by atoms with Crippen LogP contribution >= 0.6 is 15.9 Å². The first-order valence-electron chi connectivity index (χ1n) is 6.46. The van der Waals surface area contributed by atoms with Crippen LogP contribution in [0.15, 0.2) is 73.4 Å². The van der Waals surface area contributed by atoms with Crippen molar-refractivity contribution in [2.75, 3.05) is 0 Å². The third kappa shape index (κ3) is 3.14. The molecule has 0 aliphatic heterocycles. The number of rotatable bonds is 3. The van der Waals surface area contributed by atoms with E-state index in [0.29, 0.717) is 16.9 Å². The van der Waals surface area contributed by atoms with Crippen molar-refractivity contribution in [3.05, 3.63) is 69.8 Å². The summed E-state index contributed by atoms with van der Waals surface area (Å²) in [5.74, 6) is -0.530. The Morgan fingerprint density at radius 3 is 2.17 bits per heavy atom. The molecule has 1 heterocycles. The van der Waals surface area contributed by atoms with Crippen LogP contribution in [0, 0.1) is 0 Å². The van der Waals surface area contributed by atoms with E-state index in [2.05, 4.69) is 15.9 Å². The number of hydrogen-bond acceptors (Lipinski definition) is 4. The van der Waals surface area contributed by atoms with Crippen molar-refractivity contribution in [1.29, 1.82) is 0 Å². The predicted molar refractivity (Wildman–Crippen MR) is 88.8 cm³/mol. The Morgan fingerprint density at radius 1 is 1.00 bits per heavy atom. The van der Waals surface area contributed by atoms with Gasteiger partial charge in [0.05, 0.1) is 16.3 Å². The highest BCUT2D eigenvalue weighted by atomic mass is 79.9. The van der Waals surface area contributed by atoms with E-state index in [9.17, 15) is 13.2 Å². The number of oxazole rings is 1. The molecule has 6 nitrogen and oxygen atoms in total. The maximum absolute atomic E-state index is 12.0. The van der Waals surface area contributed by atoms with Gasteiger partial charge in [-0.25, -0.2) is 22.9 Å². The molecular formula is C15H11BrN2O4S. The number of nitrogens with zero attached hydrogens (tertiary/aromatic N) is 1. The lowest BCUT2D eigenvalue weighted by atomic mass is 10.1. The molecule has 1 aromatic heterocycles.